The molecule has 2 N–H and O–H groups in total. The van der Waals surface area contributed by atoms with Crippen LogP contribution in [-0.2, 0) is 0 Å². The summed E-state index contributed by atoms with van der Waals surface area (Å²) in [5.41, 5.74) is 5.45. The van der Waals surface area contributed by atoms with Crippen LogP contribution < -0.4 is 11.0 Å². The molecule has 0 amide bonds. The molecule has 0 fully saturated rings. The van der Waals surface area contributed by atoms with E-state index in [9.17, 15) is 0 Å². The minimum atomic E-state index is 1.57. The minimum Gasteiger partial charge on any atom is -0.316 e. The van der Waals surface area contributed by atoms with E-state index in [2.05, 4.69) is 17.5 Å². The van der Waals surface area contributed by atoms with Gasteiger partial charge < -0.3 is 5.43 Å². The first-order valence-corrected chi connectivity index (χ1v) is 2.06. The molecule has 0 saturated carbocycles. The Hall–Kier alpha value is -0.540. The van der Waals surface area contributed by atoms with Crippen molar-refractivity contribution in [3.8, 4) is 0 Å². The lowest BCUT2D eigenvalue weighted by molar-refractivity contribution is 0.260. The second-order valence-corrected chi connectivity index (χ2v) is 1.35. The van der Waals surface area contributed by atoms with Gasteiger partial charge in [-0.1, -0.05) is 6.58 Å². The van der Waals surface area contributed by atoms with E-state index in [0.29, 0.717) is 0 Å². The van der Waals surface area contributed by atoms with Gasteiger partial charge in [-0.25, -0.2) is 5.01 Å². The number of nitrogens with zero attached hydrogens (tertiary/aromatic N) is 1. The van der Waals surface area contributed by atoms with Gasteiger partial charge in [0.15, 0.2) is 0 Å². The normalized spacial score (nSPS) is 9.00. The summed E-state index contributed by atoms with van der Waals surface area (Å²) in [7, 11) is 3.77. The molecule has 0 spiro atoms. The Balaban J connectivity index is 2.81. The average molecular weight is 101 g/mol. The fraction of sp³-hybridized carbons (Fsp3) is 0.500. The summed E-state index contributed by atoms with van der Waals surface area (Å²) < 4.78 is 0. The van der Waals surface area contributed by atoms with Gasteiger partial charge in [-0.15, -0.1) is 0 Å². The first-order chi connectivity index (χ1) is 3.27. The molecule has 3 heteroatoms. The van der Waals surface area contributed by atoms with Gasteiger partial charge in [-0.2, -0.15) is 5.53 Å². The van der Waals surface area contributed by atoms with Gasteiger partial charge in [-0.3, -0.25) is 0 Å². The van der Waals surface area contributed by atoms with Gasteiger partial charge in [0, 0.05) is 20.3 Å². The van der Waals surface area contributed by atoms with Crippen molar-refractivity contribution in [3.63, 3.8) is 0 Å². The summed E-state index contributed by atoms with van der Waals surface area (Å²) >= 11 is 0. The Morgan fingerprint density at radius 1 is 1.57 bits per heavy atom. The first kappa shape index (κ1) is 6.46. The summed E-state index contributed by atoms with van der Waals surface area (Å²) in [6.07, 6.45) is 1.57. The smallest absolute Gasteiger partial charge is 0.00667 e. The van der Waals surface area contributed by atoms with E-state index in [1.54, 1.807) is 11.2 Å². The largest absolute Gasteiger partial charge is 0.316 e. The molecule has 3 nitrogen and oxygen atoms in total. The van der Waals surface area contributed by atoms with E-state index in [4.69, 9.17) is 0 Å². The molecule has 0 bridgehead atoms. The summed E-state index contributed by atoms with van der Waals surface area (Å²) in [5, 5.41) is 1.78. The molecule has 0 unspecified atom stereocenters. The van der Waals surface area contributed by atoms with Crippen LogP contribution in [0.5, 0.6) is 0 Å². The van der Waals surface area contributed by atoms with Crippen LogP contribution in [0.3, 0.4) is 0 Å². The van der Waals surface area contributed by atoms with Gasteiger partial charge in [0.05, 0.1) is 0 Å². The summed E-state index contributed by atoms with van der Waals surface area (Å²) in [4.78, 5) is 0. The molecule has 0 saturated heterocycles. The van der Waals surface area contributed by atoms with E-state index in [1.165, 1.54) is 0 Å². The Morgan fingerprint density at radius 2 is 2.14 bits per heavy atom. The molecular weight excluding hydrogens is 90.1 g/mol. The van der Waals surface area contributed by atoms with Crippen molar-refractivity contribution in [3.05, 3.63) is 12.8 Å². The lowest BCUT2D eigenvalue weighted by Gasteiger charge is -2.09. The average Bonchev–Trinajstić information content (AvgIpc) is 1.61. The van der Waals surface area contributed by atoms with Gasteiger partial charge in [0.25, 0.3) is 0 Å². The van der Waals surface area contributed by atoms with Crippen LogP contribution in [0.25, 0.3) is 0 Å². The molecule has 0 aliphatic heterocycles. The third-order valence-corrected chi connectivity index (χ3v) is 0.390. The highest BCUT2D eigenvalue weighted by Gasteiger charge is 1.75. The molecule has 7 heavy (non-hydrogen) atoms. The summed E-state index contributed by atoms with van der Waals surface area (Å²) in [5.74, 6) is 0. The lowest BCUT2D eigenvalue weighted by Crippen LogP contribution is -2.38. The fourth-order valence-corrected chi connectivity index (χ4v) is 0.175. The topological polar surface area (TPSA) is 27.3 Å². The van der Waals surface area contributed by atoms with Gasteiger partial charge in [-0.05, 0) is 0 Å². The van der Waals surface area contributed by atoms with E-state index < -0.39 is 0 Å². The molecule has 0 aromatic rings. The number of hydrazine groups is 2. The van der Waals surface area contributed by atoms with Crippen LogP contribution in [0.1, 0.15) is 0 Å². The van der Waals surface area contributed by atoms with E-state index >= 15 is 0 Å². The zero-order chi connectivity index (χ0) is 5.70. The second-order valence-electron chi connectivity index (χ2n) is 1.35. The van der Waals surface area contributed by atoms with Crippen LogP contribution in [-0.4, -0.2) is 19.1 Å². The van der Waals surface area contributed by atoms with Crippen LogP contribution in [0, 0.1) is 0 Å². The molecule has 0 aliphatic carbocycles. The van der Waals surface area contributed by atoms with Crippen molar-refractivity contribution in [2.24, 2.45) is 0 Å². The number of nitrogens with one attached hydrogen (secondary N) is 2. The van der Waals surface area contributed by atoms with Crippen LogP contribution in [0.4, 0.5) is 0 Å². The quantitative estimate of drug-likeness (QED) is 0.478. The predicted octanol–water partition coefficient (Wildman–Crippen LogP) is -0.299. The third kappa shape index (κ3) is 5.46. The Bertz CT molecular complexity index is 50.9. The van der Waals surface area contributed by atoms with Crippen molar-refractivity contribution in [2.75, 3.05) is 14.1 Å². The molecule has 0 aromatic heterocycles. The Kier molecular flexibility index (Phi) is 3.36. The van der Waals surface area contributed by atoms with E-state index in [1.807, 2.05) is 14.1 Å². The Labute approximate surface area is 43.9 Å². The van der Waals surface area contributed by atoms with Gasteiger partial charge in [0.2, 0.25) is 0 Å². The van der Waals surface area contributed by atoms with Gasteiger partial charge in [0.1, 0.15) is 0 Å². The molecule has 0 atom stereocenters. The van der Waals surface area contributed by atoms with Crippen LogP contribution >= 0.6 is 0 Å². The van der Waals surface area contributed by atoms with Crippen molar-refractivity contribution in [1.29, 1.82) is 0 Å². The molecule has 0 aromatic carbocycles. The maximum Gasteiger partial charge on any atom is 0.00667 e. The van der Waals surface area contributed by atoms with Crippen molar-refractivity contribution in [1.82, 2.24) is 16.0 Å². The third-order valence-electron chi connectivity index (χ3n) is 0.390. The maximum atomic E-state index is 3.43. The number of hydrogen-bond donors (Lipinski definition) is 2. The van der Waals surface area contributed by atoms with Crippen LogP contribution in [0.2, 0.25) is 0 Å². The minimum absolute atomic E-state index is 1.57. The first-order valence-electron chi connectivity index (χ1n) is 2.06. The highest BCUT2D eigenvalue weighted by molar-refractivity contribution is 4.55. The van der Waals surface area contributed by atoms with Crippen molar-refractivity contribution < 1.29 is 0 Å². The highest BCUT2D eigenvalue weighted by Crippen LogP contribution is 1.53. The van der Waals surface area contributed by atoms with Crippen LogP contribution in [0.15, 0.2) is 12.8 Å². The zero-order valence-electron chi connectivity index (χ0n) is 4.73. The summed E-state index contributed by atoms with van der Waals surface area (Å²) in [6, 6.07) is 0. The monoisotopic (exact) mass is 101 g/mol. The molecule has 0 aliphatic rings. The molecule has 0 radical (unpaired) electrons. The van der Waals surface area contributed by atoms with Crippen molar-refractivity contribution >= 4 is 0 Å². The molecule has 42 valence electrons. The second kappa shape index (κ2) is 3.64. The van der Waals surface area contributed by atoms with Gasteiger partial charge >= 0.3 is 0 Å². The molecule has 0 rings (SSSR count). The Morgan fingerprint density at radius 3 is 2.29 bits per heavy atom. The SMILES string of the molecule is C=CNNN(C)C. The fourth-order valence-electron chi connectivity index (χ4n) is 0.175. The number of hydrogen-bond acceptors (Lipinski definition) is 3. The zero-order valence-corrected chi connectivity index (χ0v) is 4.73. The summed E-state index contributed by atoms with van der Waals surface area (Å²) in [6.45, 7) is 3.43. The van der Waals surface area contributed by atoms with E-state index in [0.717, 1.165) is 0 Å². The maximum absolute atomic E-state index is 3.43. The van der Waals surface area contributed by atoms with Crippen molar-refractivity contribution in [2.45, 2.75) is 0 Å². The molecule has 0 heterocycles. The van der Waals surface area contributed by atoms with E-state index in [-0.39, 0.29) is 0 Å². The predicted molar refractivity (Wildman–Crippen MR) is 30.2 cm³/mol. The highest BCUT2D eigenvalue weighted by atomic mass is 15.7. The lowest BCUT2D eigenvalue weighted by atomic mass is 11.1. The number of rotatable bonds is 3. The standard InChI is InChI=1S/C4H11N3/c1-4-5-6-7(2)3/h4-6H,1H2,2-3H3. The molecular formula is C4H11N3.